The molecule has 3 rings (SSSR count). The highest BCUT2D eigenvalue weighted by Gasteiger charge is 2.39. The molecule has 25 heavy (non-hydrogen) atoms. The summed E-state index contributed by atoms with van der Waals surface area (Å²) in [5, 5.41) is 9.10. The van der Waals surface area contributed by atoms with Gasteiger partial charge in [0.2, 0.25) is 5.16 Å². The maximum atomic E-state index is 12.7. The Morgan fingerprint density at radius 2 is 1.72 bits per heavy atom. The molecule has 0 aromatic carbocycles. The third-order valence-electron chi connectivity index (χ3n) is 2.78. The standard InChI is InChI=1S/C10H6F6N8S/c1-3-2-4(24-7(18-3)19-5(22-24)9(11,12)13)25-8-21-20-6(23(8)17)10(14,15)16/h2H,17H2,1H3. The second kappa shape index (κ2) is 5.47. The molecule has 0 unspecified atom stereocenters. The first-order valence-electron chi connectivity index (χ1n) is 6.24. The van der Waals surface area contributed by atoms with Crippen LogP contribution in [-0.4, -0.2) is 34.5 Å². The molecule has 3 aromatic rings. The van der Waals surface area contributed by atoms with E-state index in [9.17, 15) is 26.3 Å². The maximum absolute atomic E-state index is 12.7. The smallest absolute Gasteiger partial charge is 0.335 e. The second-order valence-corrected chi connectivity index (χ2v) is 5.64. The SMILES string of the molecule is Cc1cc(Sc2nnc(C(F)(F)F)n2N)n2nc(C(F)(F)F)nc2n1. The van der Waals surface area contributed by atoms with Crippen molar-refractivity contribution in [1.29, 1.82) is 0 Å². The van der Waals surface area contributed by atoms with Crippen LogP contribution in [0.25, 0.3) is 5.78 Å². The third kappa shape index (κ3) is 3.18. The second-order valence-electron chi connectivity index (χ2n) is 4.66. The van der Waals surface area contributed by atoms with Crippen molar-refractivity contribution in [2.75, 3.05) is 5.84 Å². The highest BCUT2D eigenvalue weighted by Crippen LogP contribution is 2.32. The molecule has 0 spiro atoms. The number of aryl methyl sites for hydroxylation is 1. The van der Waals surface area contributed by atoms with Gasteiger partial charge in [0.25, 0.3) is 17.4 Å². The van der Waals surface area contributed by atoms with Gasteiger partial charge in [-0.3, -0.25) is 0 Å². The van der Waals surface area contributed by atoms with Gasteiger partial charge in [-0.1, -0.05) is 0 Å². The number of nitrogens with zero attached hydrogens (tertiary/aromatic N) is 7. The van der Waals surface area contributed by atoms with Gasteiger partial charge in [-0.25, -0.2) is 9.66 Å². The molecule has 3 aromatic heterocycles. The van der Waals surface area contributed by atoms with Gasteiger partial charge >= 0.3 is 12.4 Å². The number of rotatable bonds is 2. The molecule has 0 aliphatic heterocycles. The fraction of sp³-hybridized carbons (Fsp3) is 0.300. The summed E-state index contributed by atoms with van der Waals surface area (Å²) in [6.45, 7) is 1.47. The quantitative estimate of drug-likeness (QED) is 0.409. The van der Waals surface area contributed by atoms with E-state index in [0.717, 1.165) is 4.52 Å². The fourth-order valence-corrected chi connectivity index (χ4v) is 2.67. The van der Waals surface area contributed by atoms with Gasteiger partial charge in [0.1, 0.15) is 5.03 Å². The van der Waals surface area contributed by atoms with Crippen LogP contribution in [-0.2, 0) is 12.4 Å². The number of halogens is 6. The van der Waals surface area contributed by atoms with Crippen LogP contribution in [0.15, 0.2) is 16.2 Å². The summed E-state index contributed by atoms with van der Waals surface area (Å²) in [7, 11) is 0. The molecule has 0 atom stereocenters. The van der Waals surface area contributed by atoms with E-state index in [1.54, 1.807) is 0 Å². The van der Waals surface area contributed by atoms with E-state index in [-0.39, 0.29) is 21.2 Å². The van der Waals surface area contributed by atoms with E-state index in [1.807, 2.05) is 0 Å². The lowest BCUT2D eigenvalue weighted by Crippen LogP contribution is -2.21. The Labute approximate surface area is 138 Å². The summed E-state index contributed by atoms with van der Waals surface area (Å²) in [5.74, 6) is 2.05. The van der Waals surface area contributed by atoms with Crippen LogP contribution in [0.2, 0.25) is 0 Å². The van der Waals surface area contributed by atoms with Crippen molar-refractivity contribution in [1.82, 2.24) is 34.5 Å². The number of fused-ring (bicyclic) bond motifs is 1. The summed E-state index contributed by atoms with van der Waals surface area (Å²) in [6, 6.07) is 1.30. The topological polar surface area (TPSA) is 99.8 Å². The summed E-state index contributed by atoms with van der Waals surface area (Å²) >= 11 is 0.536. The minimum atomic E-state index is -4.83. The molecule has 2 N–H and O–H groups in total. The van der Waals surface area contributed by atoms with E-state index < -0.39 is 29.2 Å². The first kappa shape index (κ1) is 17.2. The summed E-state index contributed by atoms with van der Waals surface area (Å²) < 4.78 is 77.2. The Kier molecular flexibility index (Phi) is 3.77. The lowest BCUT2D eigenvalue weighted by molar-refractivity contribution is -0.147. The predicted molar refractivity (Wildman–Crippen MR) is 69.8 cm³/mol. The van der Waals surface area contributed by atoms with E-state index >= 15 is 0 Å². The van der Waals surface area contributed by atoms with Crippen LogP contribution in [0.3, 0.4) is 0 Å². The number of hydrogen-bond acceptors (Lipinski definition) is 7. The van der Waals surface area contributed by atoms with Crippen molar-refractivity contribution < 1.29 is 26.3 Å². The molecule has 0 amide bonds. The molecule has 15 heteroatoms. The molecule has 0 saturated carbocycles. The summed E-state index contributed by atoms with van der Waals surface area (Å²) in [5.41, 5.74) is 0.273. The first-order valence-corrected chi connectivity index (χ1v) is 7.05. The van der Waals surface area contributed by atoms with Crippen molar-refractivity contribution in [3.63, 3.8) is 0 Å². The Morgan fingerprint density at radius 3 is 2.28 bits per heavy atom. The van der Waals surface area contributed by atoms with Crippen LogP contribution in [0.4, 0.5) is 26.3 Å². The number of aromatic nitrogens is 7. The summed E-state index contributed by atoms with van der Waals surface area (Å²) in [6.07, 6.45) is -9.64. The van der Waals surface area contributed by atoms with E-state index in [4.69, 9.17) is 5.84 Å². The maximum Gasteiger partial charge on any atom is 0.453 e. The van der Waals surface area contributed by atoms with Gasteiger partial charge in [0.15, 0.2) is 0 Å². The normalized spacial score (nSPS) is 12.9. The van der Waals surface area contributed by atoms with E-state index in [2.05, 4.69) is 25.3 Å². The van der Waals surface area contributed by atoms with Crippen molar-refractivity contribution in [2.24, 2.45) is 0 Å². The minimum absolute atomic E-state index is 0.0154. The van der Waals surface area contributed by atoms with Gasteiger partial charge < -0.3 is 5.84 Å². The summed E-state index contributed by atoms with van der Waals surface area (Å²) in [4.78, 5) is 7.06. The zero-order chi connectivity index (χ0) is 18.6. The van der Waals surface area contributed by atoms with Crippen LogP contribution in [0.5, 0.6) is 0 Å². The zero-order valence-corrected chi connectivity index (χ0v) is 12.8. The average molecular weight is 384 g/mol. The van der Waals surface area contributed by atoms with Gasteiger partial charge in [-0.2, -0.15) is 35.8 Å². The van der Waals surface area contributed by atoms with Crippen LogP contribution in [0.1, 0.15) is 17.3 Å². The highest BCUT2D eigenvalue weighted by molar-refractivity contribution is 7.99. The highest BCUT2D eigenvalue weighted by atomic mass is 32.2. The largest absolute Gasteiger partial charge is 0.453 e. The van der Waals surface area contributed by atoms with E-state index in [1.165, 1.54) is 13.0 Å². The number of hydrogen-bond donors (Lipinski definition) is 1. The van der Waals surface area contributed by atoms with Gasteiger partial charge in [0.05, 0.1) is 0 Å². The number of nitrogen functional groups attached to an aromatic ring is 1. The van der Waals surface area contributed by atoms with Crippen molar-refractivity contribution in [3.05, 3.63) is 23.4 Å². The lowest BCUT2D eigenvalue weighted by Gasteiger charge is -2.07. The Hall–Kier alpha value is -2.58. The number of alkyl halides is 6. The molecule has 3 heterocycles. The van der Waals surface area contributed by atoms with Crippen molar-refractivity contribution >= 4 is 17.5 Å². The van der Waals surface area contributed by atoms with Crippen LogP contribution in [0, 0.1) is 6.92 Å². The predicted octanol–water partition coefficient (Wildman–Crippen LogP) is 1.93. The molecule has 0 saturated heterocycles. The molecule has 0 fully saturated rings. The molecule has 134 valence electrons. The monoisotopic (exact) mass is 384 g/mol. The van der Waals surface area contributed by atoms with Crippen molar-refractivity contribution in [3.8, 4) is 0 Å². The zero-order valence-electron chi connectivity index (χ0n) is 12.0. The van der Waals surface area contributed by atoms with Gasteiger partial charge in [-0.15, -0.1) is 15.3 Å². The Balaban J connectivity index is 2.08. The molecule has 0 bridgehead atoms. The molecule has 8 nitrogen and oxygen atoms in total. The van der Waals surface area contributed by atoms with E-state index in [0.29, 0.717) is 11.8 Å². The van der Waals surface area contributed by atoms with Crippen LogP contribution >= 0.6 is 11.8 Å². The average Bonchev–Trinajstić information content (AvgIpc) is 3.02. The third-order valence-corrected chi connectivity index (χ3v) is 3.74. The minimum Gasteiger partial charge on any atom is -0.335 e. The molecule has 0 radical (unpaired) electrons. The molecule has 0 aliphatic carbocycles. The van der Waals surface area contributed by atoms with Gasteiger partial charge in [0, 0.05) is 5.69 Å². The lowest BCUT2D eigenvalue weighted by atomic mass is 10.5. The van der Waals surface area contributed by atoms with Crippen LogP contribution < -0.4 is 5.84 Å². The van der Waals surface area contributed by atoms with Crippen molar-refractivity contribution in [2.45, 2.75) is 29.5 Å². The van der Waals surface area contributed by atoms with Gasteiger partial charge in [-0.05, 0) is 24.8 Å². The molecular weight excluding hydrogens is 378 g/mol. The fourth-order valence-electron chi connectivity index (χ4n) is 1.78. The first-order chi connectivity index (χ1) is 11.5. The number of nitrogens with two attached hydrogens (primary N) is 1. The molecule has 0 aliphatic rings. The Bertz CT molecular complexity index is 941. The Morgan fingerprint density at radius 1 is 1.04 bits per heavy atom. The molecular formula is C10H6F6N8S.